The number of hydrazine groups is 1. The van der Waals surface area contributed by atoms with Gasteiger partial charge in [-0.3, -0.25) is 0 Å². The lowest BCUT2D eigenvalue weighted by Gasteiger charge is -2.42. The Hall–Kier alpha value is -0.190. The molecular formula is C9H15N3S. The summed E-state index contributed by atoms with van der Waals surface area (Å²) in [5.74, 6) is 1.09. The highest BCUT2D eigenvalue weighted by Gasteiger charge is 2.29. The van der Waals surface area contributed by atoms with Crippen molar-refractivity contribution in [2.45, 2.75) is 12.8 Å². The number of hydrogen-bond donors (Lipinski definition) is 1. The fourth-order valence-corrected chi connectivity index (χ4v) is 3.23. The van der Waals surface area contributed by atoms with Crippen LogP contribution in [0.15, 0.2) is 10.6 Å². The van der Waals surface area contributed by atoms with Crippen LogP contribution in [-0.4, -0.2) is 42.1 Å². The van der Waals surface area contributed by atoms with Crippen LogP contribution in [0.5, 0.6) is 0 Å². The first-order valence-electron chi connectivity index (χ1n) is 5.02. The molecule has 0 spiro atoms. The van der Waals surface area contributed by atoms with Gasteiger partial charge in [0.05, 0.1) is 12.4 Å². The maximum atomic E-state index is 3.47. The monoisotopic (exact) mass is 197 g/mol. The first-order valence-corrected chi connectivity index (χ1v) is 6.00. The number of thioether (sulfide) groups is 1. The van der Waals surface area contributed by atoms with Crippen molar-refractivity contribution in [2.24, 2.45) is 0 Å². The fraction of sp³-hybridized carbons (Fsp3) is 0.778. The number of hydrogen-bond acceptors (Lipinski definition) is 4. The largest absolute Gasteiger partial charge is 0.377 e. The van der Waals surface area contributed by atoms with Gasteiger partial charge in [-0.2, -0.15) is 0 Å². The lowest BCUT2D eigenvalue weighted by atomic mass is 10.2. The molecule has 1 fully saturated rings. The van der Waals surface area contributed by atoms with Gasteiger partial charge in [-0.25, -0.2) is 10.0 Å². The lowest BCUT2D eigenvalue weighted by Crippen LogP contribution is -2.51. The third-order valence-corrected chi connectivity index (χ3v) is 4.03. The van der Waals surface area contributed by atoms with Gasteiger partial charge in [0, 0.05) is 30.2 Å². The van der Waals surface area contributed by atoms with E-state index in [9.17, 15) is 0 Å². The van der Waals surface area contributed by atoms with Gasteiger partial charge >= 0.3 is 0 Å². The molecule has 3 aliphatic heterocycles. The minimum absolute atomic E-state index is 1.09. The maximum Gasteiger partial charge on any atom is 0.0652 e. The van der Waals surface area contributed by atoms with Crippen molar-refractivity contribution < 1.29 is 0 Å². The highest BCUT2D eigenvalue weighted by molar-refractivity contribution is 8.03. The molecule has 0 radical (unpaired) electrons. The molecule has 4 heteroatoms. The molecule has 1 saturated heterocycles. The van der Waals surface area contributed by atoms with Crippen LogP contribution < -0.4 is 5.32 Å². The zero-order valence-corrected chi connectivity index (χ0v) is 8.57. The molecule has 13 heavy (non-hydrogen) atoms. The Kier molecular flexibility index (Phi) is 2.00. The van der Waals surface area contributed by atoms with Crippen molar-refractivity contribution in [2.75, 3.05) is 32.1 Å². The SMILES string of the molecule is C1CCN2CC3=C(CN2C1)NCS3. The summed E-state index contributed by atoms with van der Waals surface area (Å²) in [6, 6.07) is 0. The van der Waals surface area contributed by atoms with E-state index in [-0.39, 0.29) is 0 Å². The van der Waals surface area contributed by atoms with Gasteiger partial charge in [-0.15, -0.1) is 11.8 Å². The van der Waals surface area contributed by atoms with Gasteiger partial charge in [-0.05, 0) is 12.8 Å². The zero-order chi connectivity index (χ0) is 8.67. The van der Waals surface area contributed by atoms with E-state index in [1.807, 2.05) is 11.8 Å². The molecule has 0 atom stereocenters. The van der Waals surface area contributed by atoms with Gasteiger partial charge in [0.2, 0.25) is 0 Å². The van der Waals surface area contributed by atoms with Gasteiger partial charge < -0.3 is 5.32 Å². The molecule has 1 N–H and O–H groups in total. The quantitative estimate of drug-likeness (QED) is 0.619. The van der Waals surface area contributed by atoms with E-state index < -0.39 is 0 Å². The third kappa shape index (κ3) is 1.37. The first-order chi connectivity index (χ1) is 6.43. The summed E-state index contributed by atoms with van der Waals surface area (Å²) < 4.78 is 0. The predicted octanol–water partition coefficient (Wildman–Crippen LogP) is 0.818. The van der Waals surface area contributed by atoms with E-state index in [0.717, 1.165) is 19.0 Å². The minimum Gasteiger partial charge on any atom is -0.377 e. The molecule has 72 valence electrons. The summed E-state index contributed by atoms with van der Waals surface area (Å²) >= 11 is 1.98. The second-order valence-corrected chi connectivity index (χ2v) is 4.92. The molecule has 0 unspecified atom stereocenters. The summed E-state index contributed by atoms with van der Waals surface area (Å²) in [6.45, 7) is 4.80. The van der Waals surface area contributed by atoms with Crippen LogP contribution in [0.1, 0.15) is 12.8 Å². The number of nitrogens with zero attached hydrogens (tertiary/aromatic N) is 2. The van der Waals surface area contributed by atoms with Gasteiger partial charge in [-0.1, -0.05) is 0 Å². The van der Waals surface area contributed by atoms with E-state index in [1.165, 1.54) is 31.6 Å². The Balaban J connectivity index is 1.80. The average Bonchev–Trinajstić information content (AvgIpc) is 2.61. The maximum absolute atomic E-state index is 3.47. The highest BCUT2D eigenvalue weighted by Crippen LogP contribution is 2.31. The summed E-state index contributed by atoms with van der Waals surface area (Å²) in [6.07, 6.45) is 2.74. The molecule has 0 saturated carbocycles. The summed E-state index contributed by atoms with van der Waals surface area (Å²) in [4.78, 5) is 1.58. The van der Waals surface area contributed by atoms with Crippen molar-refractivity contribution >= 4 is 11.8 Å². The lowest BCUT2D eigenvalue weighted by molar-refractivity contribution is -0.0418. The van der Waals surface area contributed by atoms with E-state index in [1.54, 1.807) is 4.91 Å². The molecule has 0 aromatic carbocycles. The molecule has 0 aliphatic carbocycles. The van der Waals surface area contributed by atoms with Crippen LogP contribution in [0.3, 0.4) is 0 Å². The average molecular weight is 197 g/mol. The van der Waals surface area contributed by atoms with E-state index in [0.29, 0.717) is 0 Å². The highest BCUT2D eigenvalue weighted by atomic mass is 32.2. The summed E-state index contributed by atoms with van der Waals surface area (Å²) in [5.41, 5.74) is 1.49. The topological polar surface area (TPSA) is 18.5 Å². The molecule has 0 aromatic rings. The van der Waals surface area contributed by atoms with Crippen molar-refractivity contribution in [1.82, 2.24) is 15.3 Å². The summed E-state index contributed by atoms with van der Waals surface area (Å²) in [7, 11) is 0. The van der Waals surface area contributed by atoms with Crippen LogP contribution in [0.2, 0.25) is 0 Å². The molecule has 3 nitrogen and oxygen atoms in total. The fourth-order valence-electron chi connectivity index (χ4n) is 2.26. The van der Waals surface area contributed by atoms with Crippen LogP contribution in [0, 0.1) is 0 Å². The smallest absolute Gasteiger partial charge is 0.0652 e. The van der Waals surface area contributed by atoms with E-state index in [2.05, 4.69) is 15.3 Å². The Morgan fingerprint density at radius 1 is 1.08 bits per heavy atom. The Morgan fingerprint density at radius 2 is 1.85 bits per heavy atom. The van der Waals surface area contributed by atoms with Crippen LogP contribution in [0.25, 0.3) is 0 Å². The molecular weight excluding hydrogens is 182 g/mol. The van der Waals surface area contributed by atoms with Gasteiger partial charge in [0.15, 0.2) is 0 Å². The van der Waals surface area contributed by atoms with E-state index >= 15 is 0 Å². The van der Waals surface area contributed by atoms with Crippen molar-refractivity contribution in [3.05, 3.63) is 10.6 Å². The van der Waals surface area contributed by atoms with Crippen LogP contribution in [-0.2, 0) is 0 Å². The Labute approximate surface area is 83.1 Å². The molecule has 0 bridgehead atoms. The first kappa shape index (κ1) is 8.15. The third-order valence-electron chi connectivity index (χ3n) is 3.02. The van der Waals surface area contributed by atoms with E-state index in [4.69, 9.17) is 0 Å². The normalized spacial score (nSPS) is 29.8. The number of rotatable bonds is 0. The second-order valence-electron chi connectivity index (χ2n) is 3.85. The van der Waals surface area contributed by atoms with Gasteiger partial charge in [0.1, 0.15) is 0 Å². The number of fused-ring (bicyclic) bond motifs is 1. The standard InChI is InChI=1S/C9H15N3S/c1-2-4-12-6-9-8(10-7-13-9)5-11(12)3-1/h10H,1-7H2. The van der Waals surface area contributed by atoms with Crippen molar-refractivity contribution in [3.8, 4) is 0 Å². The van der Waals surface area contributed by atoms with Crippen LogP contribution in [0.4, 0.5) is 0 Å². The van der Waals surface area contributed by atoms with Crippen molar-refractivity contribution in [3.63, 3.8) is 0 Å². The Bertz CT molecular complexity index is 227. The van der Waals surface area contributed by atoms with Crippen LogP contribution >= 0.6 is 11.8 Å². The molecule has 3 rings (SSSR count). The molecule has 3 aliphatic rings. The molecule has 0 aromatic heterocycles. The number of nitrogens with one attached hydrogen (secondary N) is 1. The Morgan fingerprint density at radius 3 is 2.69 bits per heavy atom. The molecule has 3 heterocycles. The molecule has 0 amide bonds. The van der Waals surface area contributed by atoms with Gasteiger partial charge in [0.25, 0.3) is 0 Å². The zero-order valence-electron chi connectivity index (χ0n) is 7.75. The minimum atomic E-state index is 1.09. The van der Waals surface area contributed by atoms with Crippen molar-refractivity contribution in [1.29, 1.82) is 0 Å². The second kappa shape index (κ2) is 3.19. The summed E-state index contributed by atoms with van der Waals surface area (Å²) in [5, 5.41) is 8.48. The predicted molar refractivity (Wildman–Crippen MR) is 55.0 cm³/mol.